The molecule has 1 amide bonds. The van der Waals surface area contributed by atoms with Crippen molar-refractivity contribution in [2.75, 3.05) is 13.1 Å². The van der Waals surface area contributed by atoms with Crippen LogP contribution in [0.3, 0.4) is 0 Å². The molecule has 1 saturated heterocycles. The SMILES string of the molecule is CC1(C)CN(C(=O)O)CC/C1=C\Br. The van der Waals surface area contributed by atoms with Crippen LogP contribution in [-0.2, 0) is 0 Å². The molecular weight excluding hydrogens is 234 g/mol. The number of nitrogens with zero attached hydrogens (tertiary/aromatic N) is 1. The van der Waals surface area contributed by atoms with Gasteiger partial charge in [0.2, 0.25) is 0 Å². The lowest BCUT2D eigenvalue weighted by atomic mass is 9.80. The molecule has 1 aliphatic rings. The number of halogens is 1. The predicted octanol–water partition coefficient (Wildman–Crippen LogP) is 2.68. The Morgan fingerprint density at radius 1 is 1.69 bits per heavy atom. The summed E-state index contributed by atoms with van der Waals surface area (Å²) < 4.78 is 0. The van der Waals surface area contributed by atoms with Gasteiger partial charge in [-0.1, -0.05) is 35.4 Å². The second-order valence-corrected chi connectivity index (χ2v) is 4.43. The van der Waals surface area contributed by atoms with E-state index >= 15 is 0 Å². The Morgan fingerprint density at radius 3 is 2.69 bits per heavy atom. The van der Waals surface area contributed by atoms with E-state index in [-0.39, 0.29) is 5.41 Å². The fourth-order valence-corrected chi connectivity index (χ4v) is 2.47. The molecule has 1 rings (SSSR count). The highest BCUT2D eigenvalue weighted by atomic mass is 79.9. The van der Waals surface area contributed by atoms with E-state index in [1.807, 2.05) is 4.99 Å². The monoisotopic (exact) mass is 247 g/mol. The Labute approximate surface area is 86.5 Å². The van der Waals surface area contributed by atoms with E-state index in [9.17, 15) is 4.79 Å². The molecular formula is C9H14BrNO2. The van der Waals surface area contributed by atoms with Crippen molar-refractivity contribution in [2.24, 2.45) is 5.41 Å². The van der Waals surface area contributed by atoms with Crippen molar-refractivity contribution in [1.29, 1.82) is 0 Å². The first-order valence-corrected chi connectivity index (χ1v) is 5.16. The molecule has 0 aromatic heterocycles. The van der Waals surface area contributed by atoms with Gasteiger partial charge in [-0.2, -0.15) is 0 Å². The van der Waals surface area contributed by atoms with Crippen LogP contribution in [0.25, 0.3) is 0 Å². The van der Waals surface area contributed by atoms with Gasteiger partial charge in [-0.05, 0) is 11.4 Å². The van der Waals surface area contributed by atoms with E-state index in [0.29, 0.717) is 13.1 Å². The molecule has 0 aromatic rings. The minimum Gasteiger partial charge on any atom is -0.465 e. The third-order valence-electron chi connectivity index (χ3n) is 2.51. The summed E-state index contributed by atoms with van der Waals surface area (Å²) in [6.07, 6.45) is 0.00609. The highest BCUT2D eigenvalue weighted by Gasteiger charge is 2.32. The maximum absolute atomic E-state index is 10.7. The molecule has 0 spiro atoms. The summed E-state index contributed by atoms with van der Waals surface area (Å²) in [6, 6.07) is 0. The van der Waals surface area contributed by atoms with Gasteiger partial charge in [0.25, 0.3) is 0 Å². The minimum absolute atomic E-state index is 0.0415. The summed E-state index contributed by atoms with van der Waals surface area (Å²) in [6.45, 7) is 5.32. The summed E-state index contributed by atoms with van der Waals surface area (Å²) >= 11 is 3.32. The second kappa shape index (κ2) is 3.70. The molecule has 1 N–H and O–H groups in total. The number of amides is 1. The Balaban J connectivity index is 2.76. The molecule has 0 saturated carbocycles. The molecule has 4 heteroatoms. The molecule has 0 aliphatic carbocycles. The maximum Gasteiger partial charge on any atom is 0.407 e. The number of hydrogen-bond acceptors (Lipinski definition) is 1. The zero-order valence-electron chi connectivity index (χ0n) is 7.88. The summed E-state index contributed by atoms with van der Waals surface area (Å²) in [5.74, 6) is 0. The Hall–Kier alpha value is -0.510. The first-order valence-electron chi connectivity index (χ1n) is 4.25. The number of rotatable bonds is 0. The molecule has 13 heavy (non-hydrogen) atoms. The average molecular weight is 248 g/mol. The molecule has 1 fully saturated rings. The Kier molecular flexibility index (Phi) is 3.01. The molecule has 0 atom stereocenters. The highest BCUT2D eigenvalue weighted by molar-refractivity contribution is 9.11. The second-order valence-electron chi connectivity index (χ2n) is 3.97. The largest absolute Gasteiger partial charge is 0.465 e. The topological polar surface area (TPSA) is 40.5 Å². The van der Waals surface area contributed by atoms with Crippen LogP contribution in [0.4, 0.5) is 4.79 Å². The molecule has 1 aliphatic heterocycles. The Morgan fingerprint density at radius 2 is 2.31 bits per heavy atom. The molecule has 0 aromatic carbocycles. The number of piperidine rings is 1. The van der Waals surface area contributed by atoms with Crippen molar-refractivity contribution >= 4 is 22.0 Å². The van der Waals surface area contributed by atoms with E-state index in [1.54, 1.807) is 0 Å². The van der Waals surface area contributed by atoms with Crippen LogP contribution in [0.1, 0.15) is 20.3 Å². The fourth-order valence-electron chi connectivity index (χ4n) is 1.62. The number of hydrogen-bond donors (Lipinski definition) is 1. The number of likely N-dealkylation sites (tertiary alicyclic amines) is 1. The first-order chi connectivity index (χ1) is 5.97. The zero-order chi connectivity index (χ0) is 10.1. The normalized spacial score (nSPS) is 24.8. The lowest BCUT2D eigenvalue weighted by Crippen LogP contribution is -2.44. The van der Waals surface area contributed by atoms with E-state index in [4.69, 9.17) is 5.11 Å². The summed E-state index contributed by atoms with van der Waals surface area (Å²) in [4.78, 5) is 14.1. The zero-order valence-corrected chi connectivity index (χ0v) is 9.47. The van der Waals surface area contributed by atoms with Gasteiger partial charge in [-0.15, -0.1) is 0 Å². The number of carbonyl (C=O) groups is 1. The van der Waals surface area contributed by atoms with Crippen molar-refractivity contribution in [1.82, 2.24) is 4.90 Å². The van der Waals surface area contributed by atoms with Gasteiger partial charge < -0.3 is 10.0 Å². The molecule has 1 heterocycles. The molecule has 74 valence electrons. The third-order valence-corrected chi connectivity index (χ3v) is 3.06. The van der Waals surface area contributed by atoms with Crippen molar-refractivity contribution in [3.63, 3.8) is 0 Å². The van der Waals surface area contributed by atoms with Crippen LogP contribution in [0.15, 0.2) is 10.6 Å². The van der Waals surface area contributed by atoms with Crippen molar-refractivity contribution < 1.29 is 9.90 Å². The van der Waals surface area contributed by atoms with Crippen molar-refractivity contribution in [3.8, 4) is 0 Å². The van der Waals surface area contributed by atoms with E-state index in [2.05, 4.69) is 29.8 Å². The molecule has 0 bridgehead atoms. The fraction of sp³-hybridized carbons (Fsp3) is 0.667. The van der Waals surface area contributed by atoms with Crippen LogP contribution in [0, 0.1) is 5.41 Å². The van der Waals surface area contributed by atoms with E-state index in [1.165, 1.54) is 10.5 Å². The predicted molar refractivity (Wildman–Crippen MR) is 55.0 cm³/mol. The maximum atomic E-state index is 10.7. The van der Waals surface area contributed by atoms with Gasteiger partial charge in [0, 0.05) is 18.5 Å². The van der Waals surface area contributed by atoms with E-state index in [0.717, 1.165) is 6.42 Å². The summed E-state index contributed by atoms with van der Waals surface area (Å²) in [7, 11) is 0. The molecule has 0 radical (unpaired) electrons. The quantitative estimate of drug-likeness (QED) is 0.715. The van der Waals surface area contributed by atoms with Crippen LogP contribution in [0.2, 0.25) is 0 Å². The van der Waals surface area contributed by atoms with Crippen LogP contribution in [0.5, 0.6) is 0 Å². The smallest absolute Gasteiger partial charge is 0.407 e. The summed E-state index contributed by atoms with van der Waals surface area (Å²) in [5.41, 5.74) is 1.24. The van der Waals surface area contributed by atoms with E-state index < -0.39 is 6.09 Å². The number of carboxylic acid groups (broad SMARTS) is 1. The molecule has 3 nitrogen and oxygen atoms in total. The third kappa shape index (κ3) is 2.24. The van der Waals surface area contributed by atoms with Gasteiger partial charge in [0.15, 0.2) is 0 Å². The van der Waals surface area contributed by atoms with Gasteiger partial charge in [-0.3, -0.25) is 0 Å². The molecule has 0 unspecified atom stereocenters. The van der Waals surface area contributed by atoms with Gasteiger partial charge in [0.05, 0.1) is 0 Å². The van der Waals surface area contributed by atoms with Gasteiger partial charge >= 0.3 is 6.09 Å². The van der Waals surface area contributed by atoms with Crippen LogP contribution < -0.4 is 0 Å². The standard InChI is InChI=1S/C9H14BrNO2/c1-9(2)6-11(8(12)13)4-3-7(9)5-10/h5H,3-4,6H2,1-2H3,(H,12,13)/b7-5+. The Bertz CT molecular complexity index is 248. The van der Waals surface area contributed by atoms with Crippen molar-refractivity contribution in [2.45, 2.75) is 20.3 Å². The van der Waals surface area contributed by atoms with Crippen LogP contribution >= 0.6 is 15.9 Å². The van der Waals surface area contributed by atoms with Crippen LogP contribution in [-0.4, -0.2) is 29.2 Å². The lowest BCUT2D eigenvalue weighted by Gasteiger charge is -2.38. The average Bonchev–Trinajstić information content (AvgIpc) is 2.02. The van der Waals surface area contributed by atoms with Gasteiger partial charge in [0.1, 0.15) is 0 Å². The first kappa shape index (κ1) is 10.6. The summed E-state index contributed by atoms with van der Waals surface area (Å²) in [5, 5.41) is 8.82. The lowest BCUT2D eigenvalue weighted by molar-refractivity contribution is 0.117. The van der Waals surface area contributed by atoms with Crippen molar-refractivity contribution in [3.05, 3.63) is 10.6 Å². The highest BCUT2D eigenvalue weighted by Crippen LogP contribution is 2.34. The van der Waals surface area contributed by atoms with Gasteiger partial charge in [-0.25, -0.2) is 4.79 Å². The minimum atomic E-state index is -0.818.